The van der Waals surface area contributed by atoms with Gasteiger partial charge in [-0.05, 0) is 70.9 Å². The van der Waals surface area contributed by atoms with Crippen LogP contribution in [0.2, 0.25) is 0 Å². The van der Waals surface area contributed by atoms with Crippen molar-refractivity contribution in [2.24, 2.45) is 0 Å². The lowest BCUT2D eigenvalue weighted by Gasteiger charge is -2.33. The molecule has 2 aromatic rings. The summed E-state index contributed by atoms with van der Waals surface area (Å²) < 4.78 is 31.8. The van der Waals surface area contributed by atoms with Gasteiger partial charge in [0.05, 0.1) is 19.1 Å². The van der Waals surface area contributed by atoms with Crippen molar-refractivity contribution in [3.05, 3.63) is 59.2 Å². The van der Waals surface area contributed by atoms with E-state index in [1.807, 2.05) is 39.8 Å². The topological polar surface area (TPSA) is 96.0 Å². The van der Waals surface area contributed by atoms with E-state index in [4.69, 9.17) is 4.74 Å². The van der Waals surface area contributed by atoms with Crippen molar-refractivity contribution in [2.75, 3.05) is 24.2 Å². The molecule has 1 unspecified atom stereocenters. The van der Waals surface area contributed by atoms with Crippen LogP contribution in [0.4, 0.5) is 5.69 Å². The Bertz CT molecular complexity index is 1170. The monoisotopic (exact) mass is 503 g/mol. The van der Waals surface area contributed by atoms with E-state index in [0.717, 1.165) is 27.3 Å². The zero-order valence-corrected chi connectivity index (χ0v) is 22.7. The fraction of sp³-hybridized carbons (Fsp3) is 0.462. The Morgan fingerprint density at radius 3 is 2.29 bits per heavy atom. The summed E-state index contributed by atoms with van der Waals surface area (Å²) in [5.41, 5.74) is 2.41. The van der Waals surface area contributed by atoms with Gasteiger partial charge >= 0.3 is 0 Å². The van der Waals surface area contributed by atoms with Gasteiger partial charge in [-0.2, -0.15) is 0 Å². The van der Waals surface area contributed by atoms with Gasteiger partial charge in [-0.3, -0.25) is 13.9 Å². The number of ether oxygens (including phenoxy) is 1. The number of anilines is 1. The second-order valence-corrected chi connectivity index (χ2v) is 11.8. The fourth-order valence-electron chi connectivity index (χ4n) is 3.70. The lowest BCUT2D eigenvalue weighted by Crippen LogP contribution is -2.54. The Morgan fingerprint density at radius 1 is 1.09 bits per heavy atom. The number of carbonyl (C=O) groups is 2. The maximum atomic E-state index is 13.6. The van der Waals surface area contributed by atoms with Crippen LogP contribution in [0.1, 0.15) is 44.4 Å². The van der Waals surface area contributed by atoms with Gasteiger partial charge in [0.2, 0.25) is 21.8 Å². The molecule has 0 aromatic heterocycles. The predicted molar refractivity (Wildman–Crippen MR) is 139 cm³/mol. The zero-order chi connectivity index (χ0) is 26.6. The van der Waals surface area contributed by atoms with Crippen LogP contribution in [-0.4, -0.2) is 56.6 Å². The van der Waals surface area contributed by atoms with E-state index in [-0.39, 0.29) is 12.5 Å². The highest BCUT2D eigenvalue weighted by Crippen LogP contribution is 2.24. The molecular formula is C26H37N3O5S. The van der Waals surface area contributed by atoms with Crippen molar-refractivity contribution >= 4 is 27.5 Å². The van der Waals surface area contributed by atoms with Crippen LogP contribution in [0.3, 0.4) is 0 Å². The van der Waals surface area contributed by atoms with Gasteiger partial charge in [-0.25, -0.2) is 8.42 Å². The molecule has 0 aliphatic carbocycles. The van der Waals surface area contributed by atoms with E-state index < -0.39 is 34.1 Å². The first-order valence-electron chi connectivity index (χ1n) is 11.4. The Balaban J connectivity index is 2.45. The van der Waals surface area contributed by atoms with Gasteiger partial charge in [0.1, 0.15) is 18.3 Å². The molecule has 0 fully saturated rings. The minimum absolute atomic E-state index is 0.110. The maximum Gasteiger partial charge on any atom is 0.244 e. The van der Waals surface area contributed by atoms with Crippen LogP contribution in [0.15, 0.2) is 42.5 Å². The molecule has 35 heavy (non-hydrogen) atoms. The van der Waals surface area contributed by atoms with Gasteiger partial charge in [0, 0.05) is 12.1 Å². The second-order valence-electron chi connectivity index (χ2n) is 9.85. The van der Waals surface area contributed by atoms with E-state index >= 15 is 0 Å². The number of amides is 2. The standard InChI is InChI=1S/C26H37N3O5S/c1-18-12-13-23(19(2)14-18)29(35(8,32)33)17-24(30)28(20(3)25(31)27-26(4,5)6)16-21-10-9-11-22(15-21)34-7/h9-15,20H,16-17H2,1-8H3,(H,27,31). The highest BCUT2D eigenvalue weighted by Gasteiger charge is 2.31. The third-order valence-corrected chi connectivity index (χ3v) is 6.58. The minimum atomic E-state index is -3.77. The van der Waals surface area contributed by atoms with E-state index in [2.05, 4.69) is 5.32 Å². The highest BCUT2D eigenvalue weighted by atomic mass is 32.2. The summed E-state index contributed by atoms with van der Waals surface area (Å²) in [7, 11) is -2.22. The molecule has 2 aromatic carbocycles. The number of methoxy groups -OCH3 is 1. The van der Waals surface area contributed by atoms with E-state index in [9.17, 15) is 18.0 Å². The number of nitrogens with one attached hydrogen (secondary N) is 1. The number of benzene rings is 2. The number of hydrogen-bond acceptors (Lipinski definition) is 5. The molecule has 0 aliphatic rings. The van der Waals surface area contributed by atoms with Gasteiger partial charge < -0.3 is 15.0 Å². The first-order valence-corrected chi connectivity index (χ1v) is 13.3. The van der Waals surface area contributed by atoms with Crippen molar-refractivity contribution in [1.29, 1.82) is 0 Å². The molecule has 2 amide bonds. The largest absolute Gasteiger partial charge is 0.497 e. The summed E-state index contributed by atoms with van der Waals surface area (Å²) in [4.78, 5) is 28.0. The molecule has 0 spiro atoms. The Labute approximate surface area is 209 Å². The molecule has 0 bridgehead atoms. The Hall–Kier alpha value is -3.07. The smallest absolute Gasteiger partial charge is 0.244 e. The van der Waals surface area contributed by atoms with Gasteiger partial charge in [0.15, 0.2) is 0 Å². The first kappa shape index (κ1) is 28.2. The van der Waals surface area contributed by atoms with Crippen LogP contribution < -0.4 is 14.4 Å². The number of aryl methyl sites for hydroxylation is 2. The predicted octanol–water partition coefficient (Wildman–Crippen LogP) is 3.41. The quantitative estimate of drug-likeness (QED) is 0.566. The summed E-state index contributed by atoms with van der Waals surface area (Å²) in [5, 5.41) is 2.90. The molecule has 0 saturated carbocycles. The van der Waals surface area contributed by atoms with Crippen molar-refractivity contribution in [1.82, 2.24) is 10.2 Å². The second kappa shape index (κ2) is 11.1. The molecule has 0 aliphatic heterocycles. The molecule has 1 atom stereocenters. The SMILES string of the molecule is COc1cccc(CN(C(=O)CN(c2ccc(C)cc2C)S(C)(=O)=O)C(C)C(=O)NC(C)(C)C)c1. The van der Waals surface area contributed by atoms with Gasteiger partial charge in [-0.1, -0.05) is 29.8 Å². The number of carbonyl (C=O) groups excluding carboxylic acids is 2. The third kappa shape index (κ3) is 7.99. The number of nitrogens with zero attached hydrogens (tertiary/aromatic N) is 2. The van der Waals surface area contributed by atoms with E-state index in [0.29, 0.717) is 11.4 Å². The van der Waals surface area contributed by atoms with Gasteiger partial charge in [-0.15, -0.1) is 0 Å². The number of sulfonamides is 1. The van der Waals surface area contributed by atoms with E-state index in [1.54, 1.807) is 51.3 Å². The summed E-state index contributed by atoms with van der Waals surface area (Å²) in [5.74, 6) is -0.198. The Kier molecular flexibility index (Phi) is 8.94. The van der Waals surface area contributed by atoms with Crippen LogP contribution in [-0.2, 0) is 26.2 Å². The van der Waals surface area contributed by atoms with Crippen LogP contribution in [0, 0.1) is 13.8 Å². The molecule has 1 N–H and O–H groups in total. The number of hydrogen-bond donors (Lipinski definition) is 1. The highest BCUT2D eigenvalue weighted by molar-refractivity contribution is 7.92. The van der Waals surface area contributed by atoms with Crippen molar-refractivity contribution in [2.45, 2.75) is 59.7 Å². The molecule has 0 saturated heterocycles. The minimum Gasteiger partial charge on any atom is -0.497 e. The van der Waals surface area contributed by atoms with Crippen molar-refractivity contribution in [3.8, 4) is 5.75 Å². The lowest BCUT2D eigenvalue weighted by atomic mass is 10.1. The third-order valence-electron chi connectivity index (χ3n) is 5.45. The molecule has 0 radical (unpaired) electrons. The average molecular weight is 504 g/mol. The van der Waals surface area contributed by atoms with Crippen LogP contribution >= 0.6 is 0 Å². The number of rotatable bonds is 9. The average Bonchev–Trinajstić information content (AvgIpc) is 2.74. The molecule has 8 nitrogen and oxygen atoms in total. The van der Waals surface area contributed by atoms with Crippen LogP contribution in [0.25, 0.3) is 0 Å². The first-order chi connectivity index (χ1) is 16.1. The summed E-state index contributed by atoms with van der Waals surface area (Å²) in [6.45, 7) is 10.6. The van der Waals surface area contributed by atoms with E-state index in [1.165, 1.54) is 4.90 Å². The lowest BCUT2D eigenvalue weighted by molar-refractivity contribution is -0.140. The van der Waals surface area contributed by atoms with Crippen molar-refractivity contribution < 1.29 is 22.7 Å². The zero-order valence-electron chi connectivity index (χ0n) is 21.9. The summed E-state index contributed by atoms with van der Waals surface area (Å²) >= 11 is 0. The van der Waals surface area contributed by atoms with Gasteiger partial charge in [0.25, 0.3) is 0 Å². The maximum absolute atomic E-state index is 13.6. The molecule has 192 valence electrons. The molecule has 9 heteroatoms. The molecule has 2 rings (SSSR count). The Morgan fingerprint density at radius 2 is 1.74 bits per heavy atom. The van der Waals surface area contributed by atoms with Crippen molar-refractivity contribution in [3.63, 3.8) is 0 Å². The molecule has 0 heterocycles. The summed E-state index contributed by atoms with van der Waals surface area (Å²) in [6.07, 6.45) is 1.07. The molecular weight excluding hydrogens is 466 g/mol. The van der Waals surface area contributed by atoms with Crippen LogP contribution in [0.5, 0.6) is 5.75 Å². The summed E-state index contributed by atoms with van der Waals surface area (Å²) in [6, 6.07) is 11.7. The fourth-order valence-corrected chi connectivity index (χ4v) is 4.61. The normalized spacial score (nSPS) is 12.6.